The van der Waals surface area contributed by atoms with Crippen LogP contribution in [0.2, 0.25) is 0 Å². The molecule has 9 nitrogen and oxygen atoms in total. The normalized spacial score (nSPS) is 23.0. The van der Waals surface area contributed by atoms with Crippen molar-refractivity contribution in [3.63, 3.8) is 0 Å². The Labute approximate surface area is 360 Å². The SMILES string of the molecule is CC1C(C(=O)C(C)(C)C)C=NN1c1ccccc1.CC1C(C(=O)C(C)(C)C)C=NN1c1ccccc1.CC1C(C(=O)C(C)(C)C)C=NN1c1ccccc1.[Tb]. The molecule has 0 amide bonds. The Bertz CT molecular complexity index is 1600. The Balaban J connectivity index is 0.000000220. The van der Waals surface area contributed by atoms with Gasteiger partial charge in [-0.15, -0.1) is 0 Å². The third-order valence-electron chi connectivity index (χ3n) is 9.96. The zero-order chi connectivity index (χ0) is 40.0. The first kappa shape index (κ1) is 45.8. The van der Waals surface area contributed by atoms with Crippen LogP contribution in [-0.4, -0.2) is 54.1 Å². The summed E-state index contributed by atoms with van der Waals surface area (Å²) in [5.74, 6) is 0.382. The number of rotatable bonds is 6. The Morgan fingerprint density at radius 3 is 0.800 bits per heavy atom. The first-order valence-corrected chi connectivity index (χ1v) is 19.0. The molecule has 0 spiro atoms. The van der Waals surface area contributed by atoms with Crippen LogP contribution in [0.4, 0.5) is 17.1 Å². The van der Waals surface area contributed by atoms with Crippen LogP contribution < -0.4 is 15.0 Å². The topological polar surface area (TPSA) is 98.0 Å². The van der Waals surface area contributed by atoms with Gasteiger partial charge in [-0.3, -0.25) is 29.4 Å². The smallest absolute Gasteiger partial charge is 0.148 e. The van der Waals surface area contributed by atoms with Gasteiger partial charge < -0.3 is 0 Å². The minimum Gasteiger partial charge on any atom is -0.298 e. The summed E-state index contributed by atoms with van der Waals surface area (Å²) in [7, 11) is 0. The number of hydrogen-bond donors (Lipinski definition) is 0. The predicted octanol–water partition coefficient (Wildman–Crippen LogP) is 9.34. The Hall–Kier alpha value is -3.63. The van der Waals surface area contributed by atoms with Crippen molar-refractivity contribution in [2.24, 2.45) is 49.3 Å². The van der Waals surface area contributed by atoms with Gasteiger partial charge in [-0.25, -0.2) is 0 Å². The van der Waals surface area contributed by atoms with E-state index in [1.54, 1.807) is 18.6 Å². The minimum absolute atomic E-state index is 0. The Morgan fingerprint density at radius 1 is 0.418 bits per heavy atom. The molecule has 3 aromatic carbocycles. The van der Waals surface area contributed by atoms with Gasteiger partial charge in [0.1, 0.15) is 17.3 Å². The van der Waals surface area contributed by atoms with Crippen LogP contribution in [0.1, 0.15) is 83.1 Å². The van der Waals surface area contributed by atoms with Crippen molar-refractivity contribution in [2.75, 3.05) is 15.0 Å². The molecule has 0 saturated carbocycles. The molecule has 10 heteroatoms. The molecule has 297 valence electrons. The quantitative estimate of drug-likeness (QED) is 0.245. The molecular weight excluding hydrogens is 831 g/mol. The van der Waals surface area contributed by atoms with E-state index < -0.39 is 0 Å². The van der Waals surface area contributed by atoms with Crippen LogP contribution in [0.5, 0.6) is 0 Å². The van der Waals surface area contributed by atoms with Crippen molar-refractivity contribution in [3.8, 4) is 0 Å². The molecule has 1 radical (unpaired) electrons. The molecule has 6 unspecified atom stereocenters. The van der Waals surface area contributed by atoms with Crippen LogP contribution in [0.15, 0.2) is 106 Å². The molecule has 0 N–H and O–H groups in total. The molecule has 0 aliphatic carbocycles. The Kier molecular flexibility index (Phi) is 15.8. The monoisotopic (exact) mass is 891 g/mol. The van der Waals surface area contributed by atoms with E-state index in [1.165, 1.54) is 0 Å². The van der Waals surface area contributed by atoms with Crippen LogP contribution in [0.3, 0.4) is 0 Å². The van der Waals surface area contributed by atoms with Crippen molar-refractivity contribution >= 4 is 53.1 Å². The molecule has 55 heavy (non-hydrogen) atoms. The summed E-state index contributed by atoms with van der Waals surface area (Å²) in [5.41, 5.74) is 2.13. The van der Waals surface area contributed by atoms with Crippen molar-refractivity contribution in [1.29, 1.82) is 0 Å². The first-order valence-electron chi connectivity index (χ1n) is 19.0. The number of anilines is 3. The van der Waals surface area contributed by atoms with E-state index in [0.717, 1.165) is 17.1 Å². The summed E-state index contributed by atoms with van der Waals surface area (Å²) in [5, 5.41) is 18.9. The minimum atomic E-state index is -0.322. The van der Waals surface area contributed by atoms with Gasteiger partial charge in [0.15, 0.2) is 0 Å². The second-order valence-electron chi connectivity index (χ2n) is 17.5. The molecule has 3 aliphatic heterocycles. The number of Topliss-reactive ketones (excluding diaryl/α,β-unsaturated/α-hetero) is 3. The maximum atomic E-state index is 12.3. The summed E-state index contributed by atoms with van der Waals surface area (Å²) in [4.78, 5) is 37.0. The van der Waals surface area contributed by atoms with Crippen molar-refractivity contribution in [1.82, 2.24) is 0 Å². The predicted molar refractivity (Wildman–Crippen MR) is 224 cm³/mol. The number of hydrazone groups is 3. The zero-order valence-corrected chi connectivity index (χ0v) is 36.7. The van der Waals surface area contributed by atoms with Gasteiger partial charge in [0.05, 0.1) is 52.9 Å². The van der Waals surface area contributed by atoms with Crippen molar-refractivity contribution in [3.05, 3.63) is 91.0 Å². The fourth-order valence-corrected chi connectivity index (χ4v) is 6.58. The number of benzene rings is 3. The second kappa shape index (κ2) is 19.0. The van der Waals surface area contributed by atoms with Gasteiger partial charge in [0.25, 0.3) is 0 Å². The third kappa shape index (κ3) is 11.5. The number of para-hydroxylation sites is 3. The van der Waals surface area contributed by atoms with Gasteiger partial charge >= 0.3 is 0 Å². The molecular formula is C45H60N6O3Tb. The summed E-state index contributed by atoms with van der Waals surface area (Å²) in [6.45, 7) is 23.8. The second-order valence-corrected chi connectivity index (χ2v) is 17.5. The van der Waals surface area contributed by atoms with E-state index in [0.29, 0.717) is 0 Å². The summed E-state index contributed by atoms with van der Waals surface area (Å²) < 4.78 is 0. The molecule has 0 saturated heterocycles. The Morgan fingerprint density at radius 2 is 0.618 bits per heavy atom. The van der Waals surface area contributed by atoms with Gasteiger partial charge in [-0.1, -0.05) is 117 Å². The summed E-state index contributed by atoms with van der Waals surface area (Å²) in [6.07, 6.45) is 5.35. The molecule has 3 aliphatic rings. The average Bonchev–Trinajstić information content (AvgIpc) is 3.83. The van der Waals surface area contributed by atoms with E-state index >= 15 is 0 Å². The van der Waals surface area contributed by atoms with Gasteiger partial charge in [0, 0.05) is 73.5 Å². The number of ketones is 3. The average molecular weight is 892 g/mol. The standard InChI is InChI=1S/3C15H20N2O.Tb/c3*1-11-13(14(18)15(2,3)4)10-16-17(11)12-8-6-5-7-9-12;/h3*5-11,13H,1-4H3;. The molecule has 3 heterocycles. The summed E-state index contributed by atoms with van der Waals surface area (Å²) in [6, 6.07) is 30.1. The number of carbonyl (C=O) groups is 3. The van der Waals surface area contributed by atoms with E-state index in [1.807, 2.05) is 189 Å². The number of carbonyl (C=O) groups excluding carboxylic acids is 3. The van der Waals surface area contributed by atoms with Crippen molar-refractivity contribution in [2.45, 2.75) is 101 Å². The largest absolute Gasteiger partial charge is 0.298 e. The van der Waals surface area contributed by atoms with E-state index in [9.17, 15) is 14.4 Å². The molecule has 0 bridgehead atoms. The zero-order valence-electron chi connectivity index (χ0n) is 34.6. The van der Waals surface area contributed by atoms with E-state index in [4.69, 9.17) is 0 Å². The van der Waals surface area contributed by atoms with Crippen LogP contribution in [-0.2, 0) is 14.4 Å². The van der Waals surface area contributed by atoms with Crippen LogP contribution in [0, 0.1) is 72.6 Å². The van der Waals surface area contributed by atoms with Crippen LogP contribution >= 0.6 is 0 Å². The molecule has 0 aromatic heterocycles. The number of hydrogen-bond acceptors (Lipinski definition) is 9. The molecule has 6 rings (SSSR count). The van der Waals surface area contributed by atoms with E-state index in [2.05, 4.69) is 15.3 Å². The fraction of sp³-hybridized carbons (Fsp3) is 0.467. The number of nitrogens with zero attached hydrogens (tertiary/aromatic N) is 6. The molecule has 0 fully saturated rings. The van der Waals surface area contributed by atoms with Gasteiger partial charge in [-0.2, -0.15) is 15.3 Å². The van der Waals surface area contributed by atoms with E-state index in [-0.39, 0.29) is 108 Å². The van der Waals surface area contributed by atoms with Crippen molar-refractivity contribution < 1.29 is 53.0 Å². The third-order valence-corrected chi connectivity index (χ3v) is 9.96. The fourth-order valence-electron chi connectivity index (χ4n) is 6.58. The molecule has 3 aromatic rings. The molecule has 6 atom stereocenters. The maximum absolute atomic E-state index is 12.3. The van der Waals surface area contributed by atoms with Crippen LogP contribution in [0.25, 0.3) is 0 Å². The van der Waals surface area contributed by atoms with Gasteiger partial charge in [0.2, 0.25) is 0 Å². The first-order chi connectivity index (χ1) is 25.2. The maximum Gasteiger partial charge on any atom is 0.148 e. The summed E-state index contributed by atoms with van der Waals surface area (Å²) >= 11 is 0. The van der Waals surface area contributed by atoms with Gasteiger partial charge in [-0.05, 0) is 57.2 Å².